The number of nitrogens with one attached hydrogen (secondary N) is 1. The van der Waals surface area contributed by atoms with Crippen LogP contribution in [0.4, 0.5) is 4.39 Å². The van der Waals surface area contributed by atoms with Crippen molar-refractivity contribution in [3.8, 4) is 0 Å². The molecule has 1 heterocycles. The summed E-state index contributed by atoms with van der Waals surface area (Å²) in [6, 6.07) is 6.87. The fraction of sp³-hybridized carbons (Fsp3) is 0.385. The zero-order chi connectivity index (χ0) is 13.0. The number of likely N-dealkylation sites (N-methyl/N-ethyl adjacent to an activating group) is 1. The van der Waals surface area contributed by atoms with Crippen molar-refractivity contribution < 1.29 is 4.39 Å². The molecule has 0 amide bonds. The lowest BCUT2D eigenvalue weighted by Crippen LogP contribution is -2.31. The predicted molar refractivity (Wildman–Crippen MR) is 67.7 cm³/mol. The summed E-state index contributed by atoms with van der Waals surface area (Å²) in [5.41, 5.74) is 1.11. The standard InChI is InChI=1S/C13H17FN4/c1-15-12(8-13-16-9-17-18(13)2)7-10-3-5-11(14)6-4-10/h3-6,9,12,15H,7-8H2,1-2H3. The van der Waals surface area contributed by atoms with Crippen LogP contribution in [-0.4, -0.2) is 27.9 Å². The Morgan fingerprint density at radius 1 is 1.28 bits per heavy atom. The highest BCUT2D eigenvalue weighted by molar-refractivity contribution is 5.17. The van der Waals surface area contributed by atoms with E-state index in [0.29, 0.717) is 0 Å². The van der Waals surface area contributed by atoms with Crippen LogP contribution in [0.25, 0.3) is 0 Å². The highest BCUT2D eigenvalue weighted by Gasteiger charge is 2.11. The molecule has 1 aromatic heterocycles. The van der Waals surface area contributed by atoms with Crippen LogP contribution in [0.2, 0.25) is 0 Å². The molecule has 0 fully saturated rings. The Morgan fingerprint density at radius 2 is 2.00 bits per heavy atom. The summed E-state index contributed by atoms with van der Waals surface area (Å²) in [6.07, 6.45) is 3.19. The maximum Gasteiger partial charge on any atom is 0.138 e. The van der Waals surface area contributed by atoms with E-state index < -0.39 is 0 Å². The molecule has 0 aliphatic heterocycles. The second-order valence-corrected chi connectivity index (χ2v) is 4.32. The summed E-state index contributed by atoms with van der Waals surface area (Å²) in [6.45, 7) is 0. The SMILES string of the molecule is CNC(Cc1ccc(F)cc1)Cc1ncnn1C. The van der Waals surface area contributed by atoms with E-state index in [4.69, 9.17) is 0 Å². The molecule has 2 aromatic rings. The van der Waals surface area contributed by atoms with Crippen LogP contribution in [-0.2, 0) is 19.9 Å². The van der Waals surface area contributed by atoms with Gasteiger partial charge in [0.2, 0.25) is 0 Å². The van der Waals surface area contributed by atoms with E-state index in [-0.39, 0.29) is 11.9 Å². The number of hydrogen-bond acceptors (Lipinski definition) is 3. The molecule has 1 aromatic carbocycles. The first-order valence-electron chi connectivity index (χ1n) is 5.93. The Hall–Kier alpha value is -1.75. The van der Waals surface area contributed by atoms with Gasteiger partial charge in [-0.2, -0.15) is 5.10 Å². The van der Waals surface area contributed by atoms with Gasteiger partial charge in [0, 0.05) is 19.5 Å². The van der Waals surface area contributed by atoms with E-state index in [1.54, 1.807) is 11.0 Å². The quantitative estimate of drug-likeness (QED) is 0.868. The highest BCUT2D eigenvalue weighted by Crippen LogP contribution is 2.08. The van der Waals surface area contributed by atoms with E-state index in [2.05, 4.69) is 15.4 Å². The highest BCUT2D eigenvalue weighted by atomic mass is 19.1. The molecule has 1 N–H and O–H groups in total. The smallest absolute Gasteiger partial charge is 0.138 e. The van der Waals surface area contributed by atoms with Gasteiger partial charge in [-0.15, -0.1) is 0 Å². The zero-order valence-corrected chi connectivity index (χ0v) is 10.6. The number of nitrogens with zero attached hydrogens (tertiary/aromatic N) is 3. The second kappa shape index (κ2) is 5.73. The second-order valence-electron chi connectivity index (χ2n) is 4.32. The first-order chi connectivity index (χ1) is 8.69. The topological polar surface area (TPSA) is 42.7 Å². The monoisotopic (exact) mass is 248 g/mol. The average molecular weight is 248 g/mol. The third-order valence-electron chi connectivity index (χ3n) is 3.04. The van der Waals surface area contributed by atoms with Gasteiger partial charge in [-0.1, -0.05) is 12.1 Å². The molecule has 18 heavy (non-hydrogen) atoms. The van der Waals surface area contributed by atoms with Gasteiger partial charge in [0.05, 0.1) is 0 Å². The van der Waals surface area contributed by atoms with Gasteiger partial charge in [-0.05, 0) is 31.2 Å². The van der Waals surface area contributed by atoms with Crippen LogP contribution in [0.3, 0.4) is 0 Å². The predicted octanol–water partition coefficient (Wildman–Crippen LogP) is 1.33. The molecule has 1 unspecified atom stereocenters. The third-order valence-corrected chi connectivity index (χ3v) is 3.04. The van der Waals surface area contributed by atoms with Crippen LogP contribution in [0.1, 0.15) is 11.4 Å². The van der Waals surface area contributed by atoms with Crippen molar-refractivity contribution in [2.75, 3.05) is 7.05 Å². The molecule has 96 valence electrons. The molecule has 4 nitrogen and oxygen atoms in total. The fourth-order valence-electron chi connectivity index (χ4n) is 1.91. The Labute approximate surface area is 106 Å². The van der Waals surface area contributed by atoms with Crippen LogP contribution >= 0.6 is 0 Å². The molecule has 0 bridgehead atoms. The maximum absolute atomic E-state index is 12.8. The first kappa shape index (κ1) is 12.7. The number of benzene rings is 1. The van der Waals surface area contributed by atoms with Gasteiger partial charge in [0.1, 0.15) is 18.0 Å². The Kier molecular flexibility index (Phi) is 4.04. The Balaban J connectivity index is 2.01. The van der Waals surface area contributed by atoms with E-state index in [1.807, 2.05) is 26.2 Å². The Morgan fingerprint density at radius 3 is 2.56 bits per heavy atom. The minimum absolute atomic E-state index is 0.201. The minimum atomic E-state index is -0.201. The van der Waals surface area contributed by atoms with Gasteiger partial charge in [-0.3, -0.25) is 4.68 Å². The van der Waals surface area contributed by atoms with Crippen molar-refractivity contribution in [3.63, 3.8) is 0 Å². The van der Waals surface area contributed by atoms with Crippen molar-refractivity contribution in [3.05, 3.63) is 47.8 Å². The molecule has 0 spiro atoms. The lowest BCUT2D eigenvalue weighted by atomic mass is 10.0. The van der Waals surface area contributed by atoms with Gasteiger partial charge < -0.3 is 5.32 Å². The zero-order valence-electron chi connectivity index (χ0n) is 10.6. The van der Waals surface area contributed by atoms with E-state index in [0.717, 1.165) is 24.2 Å². The van der Waals surface area contributed by atoms with Gasteiger partial charge >= 0.3 is 0 Å². The molecule has 0 saturated carbocycles. The van der Waals surface area contributed by atoms with Gasteiger partial charge in [-0.25, -0.2) is 9.37 Å². The molecule has 1 atom stereocenters. The average Bonchev–Trinajstić information content (AvgIpc) is 2.77. The number of aryl methyl sites for hydroxylation is 1. The molecular formula is C13H17FN4. The van der Waals surface area contributed by atoms with Gasteiger partial charge in [0.25, 0.3) is 0 Å². The molecule has 2 rings (SSSR count). The molecule has 0 radical (unpaired) electrons. The molecule has 5 heteroatoms. The summed E-state index contributed by atoms with van der Waals surface area (Å²) in [5, 5.41) is 7.31. The fourth-order valence-corrected chi connectivity index (χ4v) is 1.91. The van der Waals surface area contributed by atoms with E-state index in [9.17, 15) is 4.39 Å². The van der Waals surface area contributed by atoms with Crippen LogP contribution in [0.15, 0.2) is 30.6 Å². The minimum Gasteiger partial charge on any atom is -0.316 e. The molecule has 0 aliphatic carbocycles. The Bertz CT molecular complexity index is 492. The van der Waals surface area contributed by atoms with Crippen LogP contribution in [0.5, 0.6) is 0 Å². The normalized spacial score (nSPS) is 12.6. The number of halogens is 1. The van der Waals surface area contributed by atoms with Crippen LogP contribution in [0, 0.1) is 5.82 Å². The molecule has 0 saturated heterocycles. The summed E-state index contributed by atoms with van der Waals surface area (Å²) >= 11 is 0. The maximum atomic E-state index is 12.8. The summed E-state index contributed by atoms with van der Waals surface area (Å²) in [7, 11) is 3.80. The third kappa shape index (κ3) is 3.13. The largest absolute Gasteiger partial charge is 0.316 e. The van der Waals surface area contributed by atoms with Crippen molar-refractivity contribution >= 4 is 0 Å². The van der Waals surface area contributed by atoms with Crippen LogP contribution < -0.4 is 5.32 Å². The van der Waals surface area contributed by atoms with Crippen molar-refractivity contribution in [1.29, 1.82) is 0 Å². The number of rotatable bonds is 5. The first-order valence-corrected chi connectivity index (χ1v) is 5.93. The van der Waals surface area contributed by atoms with Crippen molar-refractivity contribution in [2.24, 2.45) is 7.05 Å². The molecule has 0 aliphatic rings. The van der Waals surface area contributed by atoms with Gasteiger partial charge in [0.15, 0.2) is 0 Å². The lowest BCUT2D eigenvalue weighted by Gasteiger charge is -2.15. The molecular weight excluding hydrogens is 231 g/mol. The summed E-state index contributed by atoms with van der Waals surface area (Å²) in [4.78, 5) is 4.21. The number of hydrogen-bond donors (Lipinski definition) is 1. The lowest BCUT2D eigenvalue weighted by molar-refractivity contribution is 0.526. The number of aromatic nitrogens is 3. The van der Waals surface area contributed by atoms with Crippen molar-refractivity contribution in [2.45, 2.75) is 18.9 Å². The summed E-state index contributed by atoms with van der Waals surface area (Å²) < 4.78 is 14.6. The van der Waals surface area contributed by atoms with Crippen molar-refractivity contribution in [1.82, 2.24) is 20.1 Å². The summed E-state index contributed by atoms with van der Waals surface area (Å²) in [5.74, 6) is 0.740. The van der Waals surface area contributed by atoms with E-state index >= 15 is 0 Å². The van der Waals surface area contributed by atoms with E-state index in [1.165, 1.54) is 12.1 Å².